The van der Waals surface area contributed by atoms with Gasteiger partial charge in [-0.3, -0.25) is 0 Å². The second-order valence-electron chi connectivity index (χ2n) is 5.13. The average molecular weight is 253 g/mol. The molecule has 0 bridgehead atoms. The summed E-state index contributed by atoms with van der Waals surface area (Å²) in [4.78, 5) is 0. The van der Waals surface area contributed by atoms with Gasteiger partial charge < -0.3 is 15.9 Å². The second-order valence-corrected chi connectivity index (χ2v) is 5.13. The van der Waals surface area contributed by atoms with Crippen molar-refractivity contribution in [3.05, 3.63) is 29.6 Å². The molecule has 4 heteroatoms. The van der Waals surface area contributed by atoms with E-state index in [1.807, 2.05) is 0 Å². The molecule has 1 fully saturated rings. The summed E-state index contributed by atoms with van der Waals surface area (Å²) in [5, 5.41) is 19.4. The summed E-state index contributed by atoms with van der Waals surface area (Å²) in [5.74, 6) is -0.887. The molecule has 0 amide bonds. The first-order valence-corrected chi connectivity index (χ1v) is 6.51. The molecule has 0 aromatic heterocycles. The lowest BCUT2D eigenvalue weighted by Crippen LogP contribution is -2.34. The molecule has 0 radical (unpaired) electrons. The number of hydrogen-bond acceptors (Lipinski definition) is 3. The zero-order valence-electron chi connectivity index (χ0n) is 10.3. The van der Waals surface area contributed by atoms with Crippen LogP contribution in [0.4, 0.5) is 4.39 Å². The molecule has 0 aliphatic heterocycles. The number of phenolic OH excluding ortho intramolecular Hbond substituents is 1. The van der Waals surface area contributed by atoms with E-state index in [9.17, 15) is 9.50 Å². The number of benzene rings is 1. The minimum atomic E-state index is -0.696. The zero-order valence-corrected chi connectivity index (χ0v) is 10.3. The lowest BCUT2D eigenvalue weighted by Gasteiger charge is -2.30. The first kappa shape index (κ1) is 13.3. The number of nitrogens with two attached hydrogens (primary N) is 1. The first-order valence-electron chi connectivity index (χ1n) is 6.51. The van der Waals surface area contributed by atoms with Gasteiger partial charge in [-0.15, -0.1) is 0 Å². The molecule has 2 rings (SSSR count). The third-order valence-corrected chi connectivity index (χ3v) is 3.86. The monoisotopic (exact) mass is 253 g/mol. The van der Waals surface area contributed by atoms with Crippen LogP contribution in [0.25, 0.3) is 0 Å². The SMILES string of the molecule is N[C@H](c1ccc(O)c(F)c1)[C@@H](O)C1CCCCC1. The van der Waals surface area contributed by atoms with Gasteiger partial charge in [-0.1, -0.05) is 25.3 Å². The van der Waals surface area contributed by atoms with Crippen LogP contribution in [-0.2, 0) is 0 Å². The maximum Gasteiger partial charge on any atom is 0.165 e. The Balaban J connectivity index is 2.09. The van der Waals surface area contributed by atoms with Crippen molar-refractivity contribution in [2.75, 3.05) is 0 Å². The van der Waals surface area contributed by atoms with Gasteiger partial charge in [0.2, 0.25) is 0 Å². The lowest BCUT2D eigenvalue weighted by atomic mass is 9.81. The van der Waals surface area contributed by atoms with Crippen LogP contribution in [-0.4, -0.2) is 16.3 Å². The number of aliphatic hydroxyl groups is 1. The van der Waals surface area contributed by atoms with E-state index in [-0.39, 0.29) is 5.92 Å². The second kappa shape index (κ2) is 5.67. The largest absolute Gasteiger partial charge is 0.505 e. The topological polar surface area (TPSA) is 66.5 Å². The minimum Gasteiger partial charge on any atom is -0.505 e. The summed E-state index contributed by atoms with van der Waals surface area (Å²) in [6, 6.07) is 3.45. The molecule has 3 nitrogen and oxygen atoms in total. The Kier molecular flexibility index (Phi) is 4.19. The molecule has 4 N–H and O–H groups in total. The van der Waals surface area contributed by atoms with Crippen molar-refractivity contribution in [1.29, 1.82) is 0 Å². The van der Waals surface area contributed by atoms with Gasteiger partial charge in [0.15, 0.2) is 11.6 Å². The molecular formula is C14H20FNO2. The van der Waals surface area contributed by atoms with E-state index in [2.05, 4.69) is 0 Å². The number of halogens is 1. The highest BCUT2D eigenvalue weighted by Gasteiger charge is 2.27. The van der Waals surface area contributed by atoms with Crippen molar-refractivity contribution in [3.63, 3.8) is 0 Å². The summed E-state index contributed by atoms with van der Waals surface area (Å²) in [7, 11) is 0. The van der Waals surface area contributed by atoms with E-state index in [1.54, 1.807) is 6.07 Å². The molecule has 18 heavy (non-hydrogen) atoms. The number of phenols is 1. The summed E-state index contributed by atoms with van der Waals surface area (Å²) in [5.41, 5.74) is 6.52. The van der Waals surface area contributed by atoms with Crippen LogP contribution in [0, 0.1) is 11.7 Å². The summed E-state index contributed by atoms with van der Waals surface area (Å²) in [6.45, 7) is 0. The fraction of sp³-hybridized carbons (Fsp3) is 0.571. The molecule has 0 saturated heterocycles. The Hall–Kier alpha value is -1.13. The van der Waals surface area contributed by atoms with Crippen molar-refractivity contribution in [2.45, 2.75) is 44.2 Å². The maximum atomic E-state index is 13.3. The lowest BCUT2D eigenvalue weighted by molar-refractivity contribution is 0.0617. The van der Waals surface area contributed by atoms with Gasteiger partial charge in [-0.05, 0) is 36.5 Å². The molecular weight excluding hydrogens is 233 g/mol. The van der Waals surface area contributed by atoms with E-state index in [0.29, 0.717) is 5.56 Å². The van der Waals surface area contributed by atoms with Crippen LogP contribution >= 0.6 is 0 Å². The Morgan fingerprint density at radius 2 is 1.89 bits per heavy atom. The molecule has 2 atom stereocenters. The average Bonchev–Trinajstić information content (AvgIpc) is 2.41. The Morgan fingerprint density at radius 1 is 1.22 bits per heavy atom. The van der Waals surface area contributed by atoms with Crippen LogP contribution in [0.2, 0.25) is 0 Å². The number of aliphatic hydroxyl groups excluding tert-OH is 1. The highest BCUT2D eigenvalue weighted by Crippen LogP contribution is 2.32. The van der Waals surface area contributed by atoms with Crippen molar-refractivity contribution < 1.29 is 14.6 Å². The fourth-order valence-electron chi connectivity index (χ4n) is 2.70. The highest BCUT2D eigenvalue weighted by atomic mass is 19.1. The number of hydrogen-bond donors (Lipinski definition) is 3. The van der Waals surface area contributed by atoms with Gasteiger partial charge in [0.1, 0.15) is 0 Å². The third kappa shape index (κ3) is 2.82. The zero-order chi connectivity index (χ0) is 13.1. The highest BCUT2D eigenvalue weighted by molar-refractivity contribution is 5.30. The maximum absolute atomic E-state index is 13.3. The van der Waals surface area contributed by atoms with Crippen LogP contribution in [0.3, 0.4) is 0 Å². The first-order chi connectivity index (χ1) is 8.59. The molecule has 0 spiro atoms. The predicted octanol–water partition coefficient (Wildman–Crippen LogP) is 2.47. The van der Waals surface area contributed by atoms with Crippen LogP contribution in [0.5, 0.6) is 5.75 Å². The minimum absolute atomic E-state index is 0.200. The molecule has 100 valence electrons. The van der Waals surface area contributed by atoms with Gasteiger partial charge in [-0.25, -0.2) is 4.39 Å². The van der Waals surface area contributed by atoms with E-state index in [4.69, 9.17) is 10.8 Å². The van der Waals surface area contributed by atoms with Crippen molar-refractivity contribution >= 4 is 0 Å². The Bertz CT molecular complexity index is 405. The third-order valence-electron chi connectivity index (χ3n) is 3.86. The summed E-state index contributed by atoms with van der Waals surface area (Å²) >= 11 is 0. The van der Waals surface area contributed by atoms with Crippen LogP contribution < -0.4 is 5.73 Å². The van der Waals surface area contributed by atoms with Gasteiger partial charge >= 0.3 is 0 Å². The molecule has 1 aromatic rings. The van der Waals surface area contributed by atoms with E-state index < -0.39 is 23.7 Å². The van der Waals surface area contributed by atoms with Gasteiger partial charge in [0.05, 0.1) is 12.1 Å². The van der Waals surface area contributed by atoms with Crippen LogP contribution in [0.15, 0.2) is 18.2 Å². The molecule has 0 unspecified atom stereocenters. The van der Waals surface area contributed by atoms with E-state index in [1.165, 1.54) is 18.6 Å². The molecule has 1 aliphatic carbocycles. The Morgan fingerprint density at radius 3 is 2.50 bits per heavy atom. The molecule has 1 aromatic carbocycles. The fourth-order valence-corrected chi connectivity index (χ4v) is 2.70. The van der Waals surface area contributed by atoms with Gasteiger partial charge in [0.25, 0.3) is 0 Å². The van der Waals surface area contributed by atoms with Gasteiger partial charge in [-0.2, -0.15) is 0 Å². The Labute approximate surface area is 106 Å². The number of aromatic hydroxyl groups is 1. The summed E-state index contributed by atoms with van der Waals surface area (Å²) in [6.07, 6.45) is 4.78. The van der Waals surface area contributed by atoms with Gasteiger partial charge in [0, 0.05) is 0 Å². The van der Waals surface area contributed by atoms with Crippen LogP contribution in [0.1, 0.15) is 43.7 Å². The van der Waals surface area contributed by atoms with E-state index in [0.717, 1.165) is 25.7 Å². The smallest absolute Gasteiger partial charge is 0.165 e. The molecule has 1 aliphatic rings. The molecule has 1 saturated carbocycles. The van der Waals surface area contributed by atoms with E-state index >= 15 is 0 Å². The quantitative estimate of drug-likeness (QED) is 0.775. The normalized spacial score (nSPS) is 20.6. The predicted molar refractivity (Wildman–Crippen MR) is 67.6 cm³/mol. The standard InChI is InChI=1S/C14H20FNO2/c15-11-8-10(6-7-12(11)17)13(16)14(18)9-4-2-1-3-5-9/h6-9,13-14,17-18H,1-5,16H2/t13-,14+/m1/s1. The number of rotatable bonds is 3. The molecule has 0 heterocycles. The van der Waals surface area contributed by atoms with Crippen molar-refractivity contribution in [1.82, 2.24) is 0 Å². The van der Waals surface area contributed by atoms with Crippen molar-refractivity contribution in [2.24, 2.45) is 11.7 Å². The van der Waals surface area contributed by atoms with Crippen molar-refractivity contribution in [3.8, 4) is 5.75 Å². The summed E-state index contributed by atoms with van der Waals surface area (Å²) < 4.78 is 13.3.